The Morgan fingerprint density at radius 2 is 2.31 bits per heavy atom. The molecule has 1 aromatic rings. The minimum absolute atomic E-state index is 0.00463. The van der Waals surface area contributed by atoms with E-state index in [0.717, 1.165) is 0 Å². The largest absolute Gasteiger partial charge is 0.471 e. The van der Waals surface area contributed by atoms with Crippen LogP contribution in [-0.4, -0.2) is 17.5 Å². The highest BCUT2D eigenvalue weighted by atomic mass is 35.5. The lowest BCUT2D eigenvalue weighted by Crippen LogP contribution is -2.14. The maximum atomic E-state index is 11.6. The van der Waals surface area contributed by atoms with E-state index in [4.69, 9.17) is 16.3 Å². The van der Waals surface area contributed by atoms with Crippen LogP contribution in [0.1, 0.15) is 10.4 Å². The molecule has 0 aromatic heterocycles. The standard InChI is InChI=1S/C9H7ClO2S/c1-13-9-8(11)6-4-5(10)2-3-7(6)12-9/h2-4,9H,1H3. The first-order valence-corrected chi connectivity index (χ1v) is 5.42. The zero-order valence-corrected chi connectivity index (χ0v) is 8.48. The predicted molar refractivity (Wildman–Crippen MR) is 53.7 cm³/mol. The van der Waals surface area contributed by atoms with E-state index in [2.05, 4.69) is 0 Å². The zero-order valence-electron chi connectivity index (χ0n) is 6.91. The fourth-order valence-electron chi connectivity index (χ4n) is 1.25. The van der Waals surface area contributed by atoms with Crippen LogP contribution >= 0.6 is 23.4 Å². The highest BCUT2D eigenvalue weighted by molar-refractivity contribution is 7.99. The van der Waals surface area contributed by atoms with Crippen molar-refractivity contribution >= 4 is 29.1 Å². The molecule has 1 atom stereocenters. The van der Waals surface area contributed by atoms with Crippen LogP contribution in [-0.2, 0) is 0 Å². The number of hydrogen-bond donors (Lipinski definition) is 0. The first-order chi connectivity index (χ1) is 6.22. The van der Waals surface area contributed by atoms with Crippen molar-refractivity contribution in [1.82, 2.24) is 0 Å². The number of benzene rings is 1. The number of Topliss-reactive ketones (excluding diaryl/α,β-unsaturated/α-hetero) is 1. The van der Waals surface area contributed by atoms with Crippen molar-refractivity contribution < 1.29 is 9.53 Å². The van der Waals surface area contributed by atoms with E-state index >= 15 is 0 Å². The van der Waals surface area contributed by atoms with E-state index in [1.165, 1.54) is 11.8 Å². The van der Waals surface area contributed by atoms with Gasteiger partial charge in [0.1, 0.15) is 5.75 Å². The number of thioether (sulfide) groups is 1. The second-order valence-electron chi connectivity index (χ2n) is 2.69. The lowest BCUT2D eigenvalue weighted by atomic mass is 10.1. The molecule has 1 heterocycles. The summed E-state index contributed by atoms with van der Waals surface area (Å²) >= 11 is 7.15. The number of halogens is 1. The van der Waals surface area contributed by atoms with Crippen LogP contribution in [0.3, 0.4) is 0 Å². The van der Waals surface area contributed by atoms with Crippen molar-refractivity contribution in [3.8, 4) is 5.75 Å². The summed E-state index contributed by atoms with van der Waals surface area (Å²) in [5.74, 6) is 0.638. The smallest absolute Gasteiger partial charge is 0.217 e. The SMILES string of the molecule is CSC1Oc2ccc(Cl)cc2C1=O. The van der Waals surface area contributed by atoms with E-state index in [1.54, 1.807) is 18.2 Å². The molecule has 1 aliphatic rings. The minimum atomic E-state index is -0.395. The van der Waals surface area contributed by atoms with Gasteiger partial charge in [0.05, 0.1) is 5.56 Å². The molecular formula is C9H7ClO2S. The van der Waals surface area contributed by atoms with Gasteiger partial charge < -0.3 is 4.74 Å². The van der Waals surface area contributed by atoms with Gasteiger partial charge in [-0.1, -0.05) is 11.6 Å². The third-order valence-corrected chi connectivity index (χ3v) is 2.84. The van der Waals surface area contributed by atoms with E-state index in [9.17, 15) is 4.79 Å². The molecule has 0 fully saturated rings. The predicted octanol–water partition coefficient (Wildman–Crippen LogP) is 2.60. The van der Waals surface area contributed by atoms with Crippen molar-refractivity contribution in [1.29, 1.82) is 0 Å². The number of ketones is 1. The molecular weight excluding hydrogens is 208 g/mol. The summed E-state index contributed by atoms with van der Waals surface area (Å²) in [5, 5.41) is 0.567. The monoisotopic (exact) mass is 214 g/mol. The fraction of sp³-hybridized carbons (Fsp3) is 0.222. The third kappa shape index (κ3) is 1.42. The van der Waals surface area contributed by atoms with Crippen molar-refractivity contribution in [2.45, 2.75) is 5.44 Å². The van der Waals surface area contributed by atoms with Gasteiger partial charge in [0, 0.05) is 5.02 Å². The van der Waals surface area contributed by atoms with Gasteiger partial charge in [-0.2, -0.15) is 0 Å². The van der Waals surface area contributed by atoms with Crippen LogP contribution in [0.25, 0.3) is 0 Å². The molecule has 1 aliphatic heterocycles. The Morgan fingerprint density at radius 3 is 3.00 bits per heavy atom. The molecule has 13 heavy (non-hydrogen) atoms. The molecule has 0 spiro atoms. The molecule has 4 heteroatoms. The number of carbonyl (C=O) groups excluding carboxylic acids is 1. The Bertz CT molecular complexity index is 365. The summed E-state index contributed by atoms with van der Waals surface area (Å²) in [4.78, 5) is 11.6. The molecule has 2 rings (SSSR count). The lowest BCUT2D eigenvalue weighted by Gasteiger charge is -2.03. The van der Waals surface area contributed by atoms with Crippen molar-refractivity contribution in [2.75, 3.05) is 6.26 Å². The summed E-state index contributed by atoms with van der Waals surface area (Å²) in [6.45, 7) is 0. The number of fused-ring (bicyclic) bond motifs is 1. The second kappa shape index (κ2) is 3.24. The fourth-order valence-corrected chi connectivity index (χ4v) is 1.96. The maximum absolute atomic E-state index is 11.6. The summed E-state index contributed by atoms with van der Waals surface area (Å²) in [6.07, 6.45) is 1.84. The number of hydrogen-bond acceptors (Lipinski definition) is 3. The Labute approximate surface area is 85.2 Å². The van der Waals surface area contributed by atoms with Gasteiger partial charge in [0.15, 0.2) is 0 Å². The molecule has 0 saturated carbocycles. The average molecular weight is 215 g/mol. The van der Waals surface area contributed by atoms with Gasteiger partial charge in [-0.25, -0.2) is 0 Å². The third-order valence-electron chi connectivity index (χ3n) is 1.87. The molecule has 1 unspecified atom stereocenters. The Morgan fingerprint density at radius 1 is 1.54 bits per heavy atom. The maximum Gasteiger partial charge on any atom is 0.217 e. The molecule has 0 bridgehead atoms. The van der Waals surface area contributed by atoms with E-state index in [-0.39, 0.29) is 5.78 Å². The van der Waals surface area contributed by atoms with Crippen LogP contribution < -0.4 is 4.74 Å². The molecule has 0 amide bonds. The van der Waals surface area contributed by atoms with Gasteiger partial charge in [0.2, 0.25) is 11.2 Å². The van der Waals surface area contributed by atoms with E-state index in [1.807, 2.05) is 6.26 Å². The van der Waals surface area contributed by atoms with E-state index in [0.29, 0.717) is 16.3 Å². The first-order valence-electron chi connectivity index (χ1n) is 3.75. The van der Waals surface area contributed by atoms with Gasteiger partial charge in [0.25, 0.3) is 0 Å². The second-order valence-corrected chi connectivity index (χ2v) is 4.03. The van der Waals surface area contributed by atoms with Crippen LogP contribution in [0.15, 0.2) is 18.2 Å². The molecule has 68 valence electrons. The highest BCUT2D eigenvalue weighted by Gasteiger charge is 2.31. The Kier molecular flexibility index (Phi) is 2.22. The number of rotatable bonds is 1. The van der Waals surface area contributed by atoms with Crippen LogP contribution in [0.2, 0.25) is 5.02 Å². The molecule has 0 N–H and O–H groups in total. The topological polar surface area (TPSA) is 26.3 Å². The first kappa shape index (κ1) is 8.91. The summed E-state index contributed by atoms with van der Waals surface area (Å²) in [5.41, 5.74) is 0.195. The molecule has 0 saturated heterocycles. The van der Waals surface area contributed by atoms with Crippen LogP contribution in [0.5, 0.6) is 5.75 Å². The van der Waals surface area contributed by atoms with Gasteiger partial charge in [-0.3, -0.25) is 4.79 Å². The normalized spacial score (nSPS) is 19.8. The van der Waals surface area contributed by atoms with E-state index < -0.39 is 5.44 Å². The number of carbonyl (C=O) groups is 1. The molecule has 0 aliphatic carbocycles. The summed E-state index contributed by atoms with van der Waals surface area (Å²) < 4.78 is 5.38. The summed E-state index contributed by atoms with van der Waals surface area (Å²) in [7, 11) is 0. The molecule has 2 nitrogen and oxygen atoms in total. The zero-order chi connectivity index (χ0) is 9.42. The van der Waals surface area contributed by atoms with Crippen molar-refractivity contribution in [2.24, 2.45) is 0 Å². The van der Waals surface area contributed by atoms with Gasteiger partial charge >= 0.3 is 0 Å². The van der Waals surface area contributed by atoms with Gasteiger partial charge in [-0.15, -0.1) is 11.8 Å². The average Bonchev–Trinajstić information content (AvgIpc) is 2.44. The highest BCUT2D eigenvalue weighted by Crippen LogP contribution is 2.34. The van der Waals surface area contributed by atoms with Crippen LogP contribution in [0.4, 0.5) is 0 Å². The Balaban J connectivity index is 2.45. The van der Waals surface area contributed by atoms with Crippen molar-refractivity contribution in [3.63, 3.8) is 0 Å². The lowest BCUT2D eigenvalue weighted by molar-refractivity contribution is 0.0938. The molecule has 0 radical (unpaired) electrons. The van der Waals surface area contributed by atoms with Gasteiger partial charge in [-0.05, 0) is 24.5 Å². The Hall–Kier alpha value is -0.670. The number of ether oxygens (including phenoxy) is 1. The molecule has 1 aromatic carbocycles. The minimum Gasteiger partial charge on any atom is -0.471 e. The van der Waals surface area contributed by atoms with Crippen LogP contribution in [0, 0.1) is 0 Å². The summed E-state index contributed by atoms with van der Waals surface area (Å²) in [6, 6.07) is 5.09. The quantitative estimate of drug-likeness (QED) is 0.719. The van der Waals surface area contributed by atoms with Crippen molar-refractivity contribution in [3.05, 3.63) is 28.8 Å².